The number of hydrogen-bond acceptors (Lipinski definition) is 3. The fourth-order valence-electron chi connectivity index (χ4n) is 3.18. The zero-order chi connectivity index (χ0) is 18.2. The van der Waals surface area contributed by atoms with Gasteiger partial charge >= 0.3 is 0 Å². The van der Waals surface area contributed by atoms with Crippen LogP contribution in [-0.4, -0.2) is 34.6 Å². The maximum absolute atomic E-state index is 10.3. The number of unbranched alkanes of at least 4 members (excludes halogenated alkanes) is 2. The van der Waals surface area contributed by atoms with E-state index in [2.05, 4.69) is 32.9 Å². The van der Waals surface area contributed by atoms with Crippen molar-refractivity contribution in [3.05, 3.63) is 23.8 Å². The summed E-state index contributed by atoms with van der Waals surface area (Å²) in [4.78, 5) is 0. The number of allylic oxidation sites excluding steroid dienone is 2. The van der Waals surface area contributed by atoms with Gasteiger partial charge < -0.3 is 14.9 Å². The molecule has 1 aliphatic carbocycles. The summed E-state index contributed by atoms with van der Waals surface area (Å²) in [6.07, 6.45) is 12.0. The second-order valence-corrected chi connectivity index (χ2v) is 7.98. The molecule has 4 atom stereocenters. The maximum Gasteiger partial charge on any atom is 0.0818 e. The lowest BCUT2D eigenvalue weighted by molar-refractivity contribution is -0.0111. The molecule has 1 rings (SSSR count). The van der Waals surface area contributed by atoms with Crippen molar-refractivity contribution < 1.29 is 14.9 Å². The molecule has 0 heterocycles. The van der Waals surface area contributed by atoms with Gasteiger partial charge in [-0.3, -0.25) is 0 Å². The highest BCUT2D eigenvalue weighted by atomic mass is 16.5. The molecule has 1 aliphatic rings. The summed E-state index contributed by atoms with van der Waals surface area (Å²) in [5.41, 5.74) is 0.635. The fourth-order valence-corrected chi connectivity index (χ4v) is 3.18. The molecule has 0 aliphatic heterocycles. The molecule has 0 aromatic heterocycles. The van der Waals surface area contributed by atoms with Gasteiger partial charge in [0.2, 0.25) is 0 Å². The molecule has 0 amide bonds. The standard InChI is InChI=1S/C21H38O3/c1-6-7-14-24-20-17(3)16(2)19(22)15-18(20)12-10-8-9-11-13-21(4,5)23/h8,10,15-17,19-20,22-23H,6-7,9,11-14H2,1-5H3. The first-order chi connectivity index (χ1) is 11.3. The molecule has 0 bridgehead atoms. The molecule has 3 heteroatoms. The van der Waals surface area contributed by atoms with E-state index in [9.17, 15) is 10.2 Å². The maximum atomic E-state index is 10.3. The molecule has 140 valence electrons. The average molecular weight is 339 g/mol. The van der Waals surface area contributed by atoms with Crippen LogP contribution in [0, 0.1) is 11.8 Å². The van der Waals surface area contributed by atoms with Gasteiger partial charge in [0.1, 0.15) is 0 Å². The molecule has 0 radical (unpaired) electrons. The smallest absolute Gasteiger partial charge is 0.0818 e. The zero-order valence-corrected chi connectivity index (χ0v) is 16.3. The van der Waals surface area contributed by atoms with Gasteiger partial charge in [-0.05, 0) is 63.4 Å². The van der Waals surface area contributed by atoms with Crippen molar-refractivity contribution in [2.75, 3.05) is 6.61 Å². The van der Waals surface area contributed by atoms with Gasteiger partial charge in [-0.25, -0.2) is 0 Å². The summed E-state index contributed by atoms with van der Waals surface area (Å²) in [6.45, 7) is 11.0. The predicted octanol–water partition coefficient (Wildman–Crippen LogP) is 4.63. The van der Waals surface area contributed by atoms with E-state index in [4.69, 9.17) is 4.74 Å². The third-order valence-electron chi connectivity index (χ3n) is 5.07. The fraction of sp³-hybridized carbons (Fsp3) is 0.810. The normalized spacial score (nSPS) is 28.4. The van der Waals surface area contributed by atoms with Gasteiger partial charge in [0.25, 0.3) is 0 Å². The van der Waals surface area contributed by atoms with Crippen LogP contribution in [0.3, 0.4) is 0 Å². The lowest BCUT2D eigenvalue weighted by Crippen LogP contribution is -2.38. The third kappa shape index (κ3) is 7.50. The first-order valence-electron chi connectivity index (χ1n) is 9.64. The van der Waals surface area contributed by atoms with Gasteiger partial charge in [-0.15, -0.1) is 0 Å². The molecule has 3 nitrogen and oxygen atoms in total. The lowest BCUT2D eigenvalue weighted by atomic mass is 9.77. The summed E-state index contributed by atoms with van der Waals surface area (Å²) in [6, 6.07) is 0. The molecule has 0 spiro atoms. The monoisotopic (exact) mass is 338 g/mol. The van der Waals surface area contributed by atoms with E-state index in [0.29, 0.717) is 5.92 Å². The summed E-state index contributed by atoms with van der Waals surface area (Å²) < 4.78 is 6.14. The highest BCUT2D eigenvalue weighted by molar-refractivity contribution is 5.20. The summed E-state index contributed by atoms with van der Waals surface area (Å²) in [7, 11) is 0. The Hall–Kier alpha value is -0.640. The number of ether oxygens (including phenoxy) is 1. The number of hydrogen-bond donors (Lipinski definition) is 2. The van der Waals surface area contributed by atoms with Crippen LogP contribution in [0.15, 0.2) is 23.8 Å². The quantitative estimate of drug-likeness (QED) is 0.451. The van der Waals surface area contributed by atoms with Crippen LogP contribution >= 0.6 is 0 Å². The van der Waals surface area contributed by atoms with Crippen LogP contribution in [0.25, 0.3) is 0 Å². The number of aliphatic hydroxyl groups is 2. The Morgan fingerprint density at radius 3 is 2.50 bits per heavy atom. The summed E-state index contributed by atoms with van der Waals surface area (Å²) in [5, 5.41) is 20.0. The third-order valence-corrected chi connectivity index (χ3v) is 5.07. The molecular weight excluding hydrogens is 300 g/mol. The Bertz CT molecular complexity index is 406. The van der Waals surface area contributed by atoms with Crippen molar-refractivity contribution >= 4 is 0 Å². The van der Waals surface area contributed by atoms with E-state index in [1.165, 1.54) is 5.57 Å². The van der Waals surface area contributed by atoms with Crippen molar-refractivity contribution in [3.63, 3.8) is 0 Å². The van der Waals surface area contributed by atoms with Crippen LogP contribution in [-0.2, 0) is 4.74 Å². The number of aliphatic hydroxyl groups excluding tert-OH is 1. The van der Waals surface area contributed by atoms with Gasteiger partial charge in [-0.2, -0.15) is 0 Å². The SMILES string of the molecule is CCCCOC1C(CC=CCCCC(C)(C)O)=CC(O)C(C)C1C. The van der Waals surface area contributed by atoms with E-state index in [1.807, 2.05) is 19.9 Å². The topological polar surface area (TPSA) is 49.7 Å². The van der Waals surface area contributed by atoms with Crippen molar-refractivity contribution in [3.8, 4) is 0 Å². The second-order valence-electron chi connectivity index (χ2n) is 7.98. The first kappa shape index (κ1) is 21.4. The van der Waals surface area contributed by atoms with Crippen molar-refractivity contribution in [2.45, 2.75) is 91.0 Å². The van der Waals surface area contributed by atoms with Gasteiger partial charge in [0, 0.05) is 6.61 Å². The zero-order valence-electron chi connectivity index (χ0n) is 16.3. The Morgan fingerprint density at radius 1 is 1.17 bits per heavy atom. The van der Waals surface area contributed by atoms with Crippen molar-refractivity contribution in [2.24, 2.45) is 11.8 Å². The Kier molecular flexibility index (Phi) is 9.25. The van der Waals surface area contributed by atoms with Crippen LogP contribution in [0.5, 0.6) is 0 Å². The van der Waals surface area contributed by atoms with E-state index in [0.717, 1.165) is 45.1 Å². The Labute approximate surface area is 148 Å². The molecule has 0 saturated carbocycles. The van der Waals surface area contributed by atoms with Crippen molar-refractivity contribution in [1.82, 2.24) is 0 Å². The Balaban J connectivity index is 2.55. The highest BCUT2D eigenvalue weighted by Gasteiger charge is 2.34. The first-order valence-corrected chi connectivity index (χ1v) is 9.64. The van der Waals surface area contributed by atoms with Gasteiger partial charge in [-0.1, -0.05) is 45.4 Å². The molecule has 0 aromatic rings. The minimum Gasteiger partial charge on any atom is -0.390 e. The molecule has 0 fully saturated rings. The van der Waals surface area contributed by atoms with E-state index < -0.39 is 5.60 Å². The molecule has 4 unspecified atom stereocenters. The van der Waals surface area contributed by atoms with Crippen LogP contribution in [0.4, 0.5) is 0 Å². The van der Waals surface area contributed by atoms with Gasteiger partial charge in [0.15, 0.2) is 0 Å². The predicted molar refractivity (Wildman–Crippen MR) is 101 cm³/mol. The number of rotatable bonds is 10. The van der Waals surface area contributed by atoms with Crippen molar-refractivity contribution in [1.29, 1.82) is 0 Å². The summed E-state index contributed by atoms with van der Waals surface area (Å²) >= 11 is 0. The van der Waals surface area contributed by atoms with E-state index in [1.54, 1.807) is 0 Å². The lowest BCUT2D eigenvalue weighted by Gasteiger charge is -2.37. The molecule has 0 aromatic carbocycles. The highest BCUT2D eigenvalue weighted by Crippen LogP contribution is 2.34. The molecule has 2 N–H and O–H groups in total. The average Bonchev–Trinajstić information content (AvgIpc) is 2.50. The largest absolute Gasteiger partial charge is 0.390 e. The van der Waals surface area contributed by atoms with Gasteiger partial charge in [0.05, 0.1) is 17.8 Å². The second kappa shape index (κ2) is 10.4. The Morgan fingerprint density at radius 2 is 1.88 bits per heavy atom. The summed E-state index contributed by atoms with van der Waals surface area (Å²) in [5.74, 6) is 0.566. The molecule has 0 saturated heterocycles. The van der Waals surface area contributed by atoms with E-state index in [-0.39, 0.29) is 18.1 Å². The van der Waals surface area contributed by atoms with Crippen LogP contribution < -0.4 is 0 Å². The minimum absolute atomic E-state index is 0.121. The van der Waals surface area contributed by atoms with Crippen LogP contribution in [0.1, 0.15) is 73.1 Å². The van der Waals surface area contributed by atoms with Crippen LogP contribution in [0.2, 0.25) is 0 Å². The molecular formula is C21H38O3. The molecule has 24 heavy (non-hydrogen) atoms. The minimum atomic E-state index is -0.576. The van der Waals surface area contributed by atoms with E-state index >= 15 is 0 Å².